The number of sulfonamides is 1. The van der Waals surface area contributed by atoms with E-state index in [1.165, 1.54) is 25.1 Å². The number of rotatable bonds is 6. The van der Waals surface area contributed by atoms with E-state index in [0.717, 1.165) is 40.6 Å². The summed E-state index contributed by atoms with van der Waals surface area (Å²) in [6.45, 7) is 3.22. The van der Waals surface area contributed by atoms with Gasteiger partial charge in [-0.05, 0) is 56.9 Å². The van der Waals surface area contributed by atoms with Gasteiger partial charge in [-0.2, -0.15) is 13.2 Å². The lowest BCUT2D eigenvalue weighted by molar-refractivity contribution is -0.137. The number of nitrogens with two attached hydrogens (primary N) is 1. The quantitative estimate of drug-likeness (QED) is 0.744. The first-order valence-electron chi connectivity index (χ1n) is 8.55. The first-order chi connectivity index (χ1) is 12.9. The zero-order chi connectivity index (χ0) is 20.9. The number of carbonyl (C=O) groups excluding carboxylic acids is 1. The minimum atomic E-state index is -4.59. The van der Waals surface area contributed by atoms with Gasteiger partial charge in [-0.1, -0.05) is 6.07 Å². The second-order valence-corrected chi connectivity index (χ2v) is 9.86. The van der Waals surface area contributed by atoms with Crippen molar-refractivity contribution >= 4 is 33.0 Å². The van der Waals surface area contributed by atoms with Crippen LogP contribution in [0.3, 0.4) is 0 Å². The summed E-state index contributed by atoms with van der Waals surface area (Å²) < 4.78 is 67.4. The summed E-state index contributed by atoms with van der Waals surface area (Å²) >= 11 is 0.945. The maximum absolute atomic E-state index is 13.4. The molecule has 28 heavy (non-hydrogen) atoms. The Morgan fingerprint density at radius 2 is 1.93 bits per heavy atom. The average Bonchev–Trinajstić information content (AvgIpc) is 3.36. The van der Waals surface area contributed by atoms with Crippen LogP contribution < -0.4 is 10.0 Å². The molecule has 0 unspecified atom stereocenters. The first-order valence-corrected chi connectivity index (χ1v) is 10.8. The van der Waals surface area contributed by atoms with Gasteiger partial charge in [-0.3, -0.25) is 9.10 Å². The Morgan fingerprint density at radius 1 is 1.29 bits per heavy atom. The van der Waals surface area contributed by atoms with E-state index in [0.29, 0.717) is 4.88 Å². The fraction of sp³-hybridized carbons (Fsp3) is 0.389. The minimum absolute atomic E-state index is 0.0551. The molecule has 1 heterocycles. The number of benzene rings is 1. The number of primary amides is 1. The number of amides is 1. The number of alkyl halides is 3. The highest BCUT2D eigenvalue weighted by Gasteiger charge is 2.40. The number of halogens is 3. The smallest absolute Gasteiger partial charge is 0.365 e. The SMILES string of the molecule is Cc1sc(C(N)=O)cc1S(=O)(=O)N(c1cccc(C(F)(F)F)c1)[C@H](C)C1CC1. The van der Waals surface area contributed by atoms with E-state index in [9.17, 15) is 26.4 Å². The van der Waals surface area contributed by atoms with Crippen LogP contribution in [0.4, 0.5) is 18.9 Å². The summed E-state index contributed by atoms with van der Waals surface area (Å²) in [6.07, 6.45) is -2.98. The molecule has 0 spiro atoms. The highest BCUT2D eigenvalue weighted by atomic mass is 32.2. The Bertz CT molecular complexity index is 1010. The van der Waals surface area contributed by atoms with E-state index in [1.807, 2.05) is 0 Å². The Morgan fingerprint density at radius 3 is 2.43 bits per heavy atom. The number of thiophene rings is 1. The monoisotopic (exact) mass is 432 g/mol. The van der Waals surface area contributed by atoms with Crippen molar-refractivity contribution in [2.75, 3.05) is 4.31 Å². The number of aryl methyl sites for hydroxylation is 1. The molecule has 1 saturated carbocycles. The topological polar surface area (TPSA) is 80.5 Å². The molecular weight excluding hydrogens is 413 g/mol. The second kappa shape index (κ2) is 7.07. The lowest BCUT2D eigenvalue weighted by atomic mass is 10.1. The molecule has 0 bridgehead atoms. The number of nitrogens with zero attached hydrogens (tertiary/aromatic N) is 1. The van der Waals surface area contributed by atoms with E-state index >= 15 is 0 Å². The molecule has 1 atom stereocenters. The molecule has 1 aliphatic carbocycles. The predicted molar refractivity (Wildman–Crippen MR) is 101 cm³/mol. The zero-order valence-electron chi connectivity index (χ0n) is 15.2. The van der Waals surface area contributed by atoms with Crippen LogP contribution in [-0.4, -0.2) is 20.4 Å². The number of hydrogen-bond donors (Lipinski definition) is 1. The van der Waals surface area contributed by atoms with Gasteiger partial charge in [0.05, 0.1) is 16.1 Å². The number of hydrogen-bond acceptors (Lipinski definition) is 4. The maximum atomic E-state index is 13.4. The van der Waals surface area contributed by atoms with Crippen molar-refractivity contribution in [2.45, 2.75) is 43.8 Å². The molecule has 2 aromatic rings. The lowest BCUT2D eigenvalue weighted by Gasteiger charge is -2.31. The molecule has 1 aromatic heterocycles. The molecule has 1 amide bonds. The molecule has 1 fully saturated rings. The van der Waals surface area contributed by atoms with E-state index in [1.54, 1.807) is 6.92 Å². The second-order valence-electron chi connectivity index (χ2n) is 6.82. The lowest BCUT2D eigenvalue weighted by Crippen LogP contribution is -2.40. The zero-order valence-corrected chi connectivity index (χ0v) is 16.8. The molecule has 5 nitrogen and oxygen atoms in total. The Labute approximate surface area is 165 Å². The fourth-order valence-corrected chi connectivity index (χ4v) is 6.26. The first kappa shape index (κ1) is 20.7. The third kappa shape index (κ3) is 3.88. The van der Waals surface area contributed by atoms with Gasteiger partial charge >= 0.3 is 6.18 Å². The Hall–Kier alpha value is -2.07. The maximum Gasteiger partial charge on any atom is 0.416 e. The summed E-state index contributed by atoms with van der Waals surface area (Å²) in [5, 5.41) is 0. The Kier molecular flexibility index (Phi) is 5.22. The van der Waals surface area contributed by atoms with Gasteiger partial charge in [0.1, 0.15) is 4.90 Å². The van der Waals surface area contributed by atoms with Crippen molar-refractivity contribution < 1.29 is 26.4 Å². The van der Waals surface area contributed by atoms with Crippen LogP contribution in [0.15, 0.2) is 35.2 Å². The summed E-state index contributed by atoms with van der Waals surface area (Å²) in [5.41, 5.74) is 4.27. The van der Waals surface area contributed by atoms with Gasteiger partial charge in [-0.15, -0.1) is 11.3 Å². The molecule has 2 N–H and O–H groups in total. The molecule has 1 aliphatic rings. The number of anilines is 1. The molecule has 3 rings (SSSR count). The normalized spacial score (nSPS) is 16.0. The standard InChI is InChI=1S/C18H19F3N2O3S2/c1-10(12-6-7-12)23(14-5-3-4-13(8-14)18(19,20)21)28(25,26)16-9-15(17(22)24)27-11(16)2/h3-5,8-10,12H,6-7H2,1-2H3,(H2,22,24)/t10-/m1/s1. The van der Waals surface area contributed by atoms with Gasteiger partial charge in [-0.25, -0.2) is 8.42 Å². The van der Waals surface area contributed by atoms with E-state index in [-0.39, 0.29) is 21.4 Å². The van der Waals surface area contributed by atoms with Crippen LogP contribution in [0.1, 0.15) is 39.9 Å². The van der Waals surface area contributed by atoms with Crippen molar-refractivity contribution in [3.8, 4) is 0 Å². The average molecular weight is 432 g/mol. The van der Waals surface area contributed by atoms with Crippen molar-refractivity contribution in [3.05, 3.63) is 45.6 Å². The van der Waals surface area contributed by atoms with Crippen LogP contribution in [0.5, 0.6) is 0 Å². The van der Waals surface area contributed by atoms with Crippen molar-refractivity contribution in [2.24, 2.45) is 11.7 Å². The van der Waals surface area contributed by atoms with Crippen LogP contribution in [0, 0.1) is 12.8 Å². The van der Waals surface area contributed by atoms with Gasteiger partial charge < -0.3 is 5.73 Å². The van der Waals surface area contributed by atoms with Gasteiger partial charge in [0.15, 0.2) is 0 Å². The van der Waals surface area contributed by atoms with Gasteiger partial charge in [0, 0.05) is 10.9 Å². The largest absolute Gasteiger partial charge is 0.416 e. The third-order valence-corrected chi connectivity index (χ3v) is 7.99. The molecular formula is C18H19F3N2O3S2. The Balaban J connectivity index is 2.14. The number of carbonyl (C=O) groups is 1. The third-order valence-electron chi connectivity index (χ3n) is 4.75. The molecule has 0 radical (unpaired) electrons. The molecule has 152 valence electrons. The minimum Gasteiger partial charge on any atom is -0.365 e. The predicted octanol–water partition coefficient (Wildman–Crippen LogP) is 4.17. The molecule has 1 aromatic carbocycles. The molecule has 0 aliphatic heterocycles. The van der Waals surface area contributed by atoms with Crippen LogP contribution in [0.2, 0.25) is 0 Å². The fourth-order valence-electron chi connectivity index (χ4n) is 3.13. The van der Waals surface area contributed by atoms with Crippen LogP contribution in [-0.2, 0) is 16.2 Å². The molecule has 0 saturated heterocycles. The van der Waals surface area contributed by atoms with E-state index in [2.05, 4.69) is 0 Å². The summed E-state index contributed by atoms with van der Waals surface area (Å²) in [7, 11) is -4.20. The van der Waals surface area contributed by atoms with Crippen molar-refractivity contribution in [1.82, 2.24) is 0 Å². The van der Waals surface area contributed by atoms with E-state index < -0.39 is 33.7 Å². The molecule has 10 heteroatoms. The summed E-state index contributed by atoms with van der Waals surface area (Å²) in [6, 6.07) is 4.95. The van der Waals surface area contributed by atoms with Crippen LogP contribution >= 0.6 is 11.3 Å². The van der Waals surface area contributed by atoms with E-state index in [4.69, 9.17) is 5.73 Å². The van der Waals surface area contributed by atoms with Gasteiger partial charge in [0.2, 0.25) is 0 Å². The highest BCUT2D eigenvalue weighted by Crippen LogP contribution is 2.42. The van der Waals surface area contributed by atoms with Crippen molar-refractivity contribution in [3.63, 3.8) is 0 Å². The van der Waals surface area contributed by atoms with Crippen molar-refractivity contribution in [1.29, 1.82) is 0 Å². The van der Waals surface area contributed by atoms with Crippen LogP contribution in [0.25, 0.3) is 0 Å². The highest BCUT2D eigenvalue weighted by molar-refractivity contribution is 7.93. The summed E-state index contributed by atoms with van der Waals surface area (Å²) in [4.78, 5) is 11.8. The summed E-state index contributed by atoms with van der Waals surface area (Å²) in [5.74, 6) is -0.686. The van der Waals surface area contributed by atoms with Gasteiger partial charge in [0.25, 0.3) is 15.9 Å².